The average molecular weight is 592 g/mol. The maximum Gasteiger partial charge on any atom is 0.337 e. The number of hydrogen-bond donors (Lipinski definition) is 1. The number of halogens is 1. The van der Waals surface area contributed by atoms with Gasteiger partial charge in [-0.1, -0.05) is 23.7 Å². The minimum atomic E-state index is -1.16. The van der Waals surface area contributed by atoms with Crippen molar-refractivity contribution in [3.8, 4) is 21.8 Å². The fourth-order valence-electron chi connectivity index (χ4n) is 5.49. The normalized spacial score (nSPS) is 17.2. The van der Waals surface area contributed by atoms with Gasteiger partial charge in [0.25, 0.3) is 0 Å². The van der Waals surface area contributed by atoms with E-state index in [-0.39, 0.29) is 0 Å². The molecule has 2 fully saturated rings. The van der Waals surface area contributed by atoms with Crippen molar-refractivity contribution < 1.29 is 14.6 Å². The number of thiazole rings is 1. The van der Waals surface area contributed by atoms with Gasteiger partial charge in [-0.05, 0) is 75.9 Å². The second-order valence-corrected chi connectivity index (χ2v) is 13.2. The second kappa shape index (κ2) is 10.9. The molecule has 41 heavy (non-hydrogen) atoms. The van der Waals surface area contributed by atoms with Crippen LogP contribution in [0.2, 0.25) is 5.02 Å². The summed E-state index contributed by atoms with van der Waals surface area (Å²) in [7, 11) is 0. The lowest BCUT2D eigenvalue weighted by Gasteiger charge is -2.34. The van der Waals surface area contributed by atoms with Crippen LogP contribution in [0.15, 0.2) is 42.6 Å². The van der Waals surface area contributed by atoms with Gasteiger partial charge in [-0.25, -0.2) is 19.7 Å². The van der Waals surface area contributed by atoms with E-state index in [4.69, 9.17) is 26.3 Å². The highest BCUT2D eigenvalue weighted by Gasteiger charge is 2.33. The summed E-state index contributed by atoms with van der Waals surface area (Å²) in [6.07, 6.45) is 3.28. The molecule has 1 saturated carbocycles. The molecule has 2 aliphatic rings. The van der Waals surface area contributed by atoms with Crippen LogP contribution in [0.5, 0.6) is 0 Å². The molecule has 0 bridgehead atoms. The smallest absolute Gasteiger partial charge is 0.337 e. The molecule has 0 amide bonds. The quantitative estimate of drug-likeness (QED) is 0.257. The molecule has 6 rings (SSSR count). The van der Waals surface area contributed by atoms with Gasteiger partial charge in [0.1, 0.15) is 10.7 Å². The standard InChI is InChI=1S/C31H34ClN5O3S/c1-18-17-23-27(25(19-5-7-20(32)8-6-19)24(18)26(29(38)39)40-31(2,3)4)41-28(34-23)22-11-12-33-30(35-22)37-15-13-36(14-16-37)21-9-10-21/h5-8,11-12,17,21,26H,9-10,13-16H2,1-4H3,(H,38,39). The highest BCUT2D eigenvalue weighted by atomic mass is 35.5. The van der Waals surface area contributed by atoms with Crippen LogP contribution in [-0.2, 0) is 9.53 Å². The van der Waals surface area contributed by atoms with E-state index >= 15 is 0 Å². The van der Waals surface area contributed by atoms with E-state index in [1.54, 1.807) is 6.20 Å². The van der Waals surface area contributed by atoms with Crippen LogP contribution in [0, 0.1) is 6.92 Å². The van der Waals surface area contributed by atoms with Crippen molar-refractivity contribution >= 4 is 45.1 Å². The van der Waals surface area contributed by atoms with Gasteiger partial charge >= 0.3 is 5.97 Å². The largest absolute Gasteiger partial charge is 0.479 e. The average Bonchev–Trinajstić information content (AvgIpc) is 3.70. The maximum atomic E-state index is 12.6. The molecule has 1 N–H and O–H groups in total. The molecule has 2 aromatic heterocycles. The van der Waals surface area contributed by atoms with Crippen molar-refractivity contribution in [2.75, 3.05) is 31.1 Å². The van der Waals surface area contributed by atoms with E-state index in [0.717, 1.165) is 75.8 Å². The Morgan fingerprint density at radius 2 is 1.80 bits per heavy atom. The zero-order valence-electron chi connectivity index (χ0n) is 23.7. The molecule has 1 aliphatic carbocycles. The fraction of sp³-hybridized carbons (Fsp3) is 0.419. The summed E-state index contributed by atoms with van der Waals surface area (Å²) < 4.78 is 7.01. The molecule has 10 heteroatoms. The summed E-state index contributed by atoms with van der Waals surface area (Å²) in [5.74, 6) is -0.318. The number of rotatable bonds is 7. The number of hydrogen-bond acceptors (Lipinski definition) is 8. The summed E-state index contributed by atoms with van der Waals surface area (Å²) in [5, 5.41) is 11.7. The number of carbonyl (C=O) groups is 1. The van der Waals surface area contributed by atoms with Crippen LogP contribution in [0.1, 0.15) is 50.8 Å². The van der Waals surface area contributed by atoms with Crippen LogP contribution in [0.25, 0.3) is 32.0 Å². The number of aliphatic carboxylic acids is 1. The van der Waals surface area contributed by atoms with Crippen LogP contribution in [0.4, 0.5) is 5.95 Å². The molecule has 1 aliphatic heterocycles. The first-order valence-corrected chi connectivity index (χ1v) is 15.2. The van der Waals surface area contributed by atoms with E-state index in [2.05, 4.69) is 14.8 Å². The highest BCUT2D eigenvalue weighted by molar-refractivity contribution is 7.22. The SMILES string of the molecule is Cc1cc2nc(-c3ccnc(N4CCN(C5CC5)CC4)n3)sc2c(-c2ccc(Cl)cc2)c1C(OC(C)(C)C)C(=O)O. The maximum absolute atomic E-state index is 12.6. The monoisotopic (exact) mass is 591 g/mol. The van der Waals surface area contributed by atoms with Crippen molar-refractivity contribution in [1.29, 1.82) is 0 Å². The first-order chi connectivity index (χ1) is 19.6. The zero-order valence-corrected chi connectivity index (χ0v) is 25.3. The zero-order chi connectivity index (χ0) is 28.9. The summed E-state index contributed by atoms with van der Waals surface area (Å²) in [4.78, 5) is 31.9. The summed E-state index contributed by atoms with van der Waals surface area (Å²) in [6.45, 7) is 11.4. The van der Waals surface area contributed by atoms with Gasteiger partial charge in [-0.3, -0.25) is 4.90 Å². The molecule has 1 atom stereocenters. The molecule has 8 nitrogen and oxygen atoms in total. The first-order valence-electron chi connectivity index (χ1n) is 14.0. The molecule has 0 spiro atoms. The molecular formula is C31H34ClN5O3S. The topological polar surface area (TPSA) is 91.7 Å². The number of anilines is 1. The van der Waals surface area contributed by atoms with Gasteiger partial charge in [0.15, 0.2) is 6.10 Å². The van der Waals surface area contributed by atoms with E-state index in [1.165, 1.54) is 24.2 Å². The van der Waals surface area contributed by atoms with Crippen molar-refractivity contribution in [3.63, 3.8) is 0 Å². The van der Waals surface area contributed by atoms with Gasteiger partial charge in [0.05, 0.1) is 15.8 Å². The van der Waals surface area contributed by atoms with E-state index < -0.39 is 17.7 Å². The first kappa shape index (κ1) is 28.0. The summed E-state index contributed by atoms with van der Waals surface area (Å²) in [5.41, 5.74) is 3.94. The summed E-state index contributed by atoms with van der Waals surface area (Å²) in [6, 6.07) is 12.1. The summed E-state index contributed by atoms with van der Waals surface area (Å²) >= 11 is 7.73. The third kappa shape index (κ3) is 5.95. The van der Waals surface area contributed by atoms with Crippen LogP contribution in [0.3, 0.4) is 0 Å². The van der Waals surface area contributed by atoms with Gasteiger partial charge < -0.3 is 14.7 Å². The number of piperazine rings is 1. The number of carboxylic acid groups (broad SMARTS) is 1. The van der Waals surface area contributed by atoms with Gasteiger partial charge in [-0.15, -0.1) is 11.3 Å². The van der Waals surface area contributed by atoms with Crippen LogP contribution in [-0.4, -0.2) is 68.7 Å². The van der Waals surface area contributed by atoms with E-state index in [0.29, 0.717) is 10.6 Å². The van der Waals surface area contributed by atoms with E-state index in [9.17, 15) is 9.90 Å². The number of ether oxygens (including phenoxy) is 1. The Hall–Kier alpha value is -3.11. The second-order valence-electron chi connectivity index (χ2n) is 11.8. The number of aryl methyl sites for hydroxylation is 1. The molecule has 4 aromatic rings. The Labute approximate surface area is 249 Å². The lowest BCUT2D eigenvalue weighted by Crippen LogP contribution is -2.47. The third-order valence-electron chi connectivity index (χ3n) is 7.54. The molecule has 0 radical (unpaired) electrons. The lowest BCUT2D eigenvalue weighted by molar-refractivity contribution is -0.160. The molecule has 214 valence electrons. The minimum Gasteiger partial charge on any atom is -0.479 e. The Balaban J connectivity index is 1.44. The third-order valence-corrected chi connectivity index (χ3v) is 8.90. The number of carboxylic acids is 1. The minimum absolute atomic E-state index is 0.608. The molecular weight excluding hydrogens is 558 g/mol. The van der Waals surface area contributed by atoms with Crippen LogP contribution >= 0.6 is 22.9 Å². The number of benzene rings is 2. The molecule has 1 unspecified atom stereocenters. The van der Waals surface area contributed by atoms with Gasteiger partial charge in [-0.2, -0.15) is 0 Å². The van der Waals surface area contributed by atoms with Crippen molar-refractivity contribution in [2.24, 2.45) is 0 Å². The Kier molecular flexibility index (Phi) is 7.48. The number of nitrogens with zero attached hydrogens (tertiary/aromatic N) is 5. The molecule has 2 aromatic carbocycles. The number of fused-ring (bicyclic) bond motifs is 1. The predicted molar refractivity (Wildman–Crippen MR) is 164 cm³/mol. The number of aromatic nitrogens is 3. The molecule has 3 heterocycles. The Bertz CT molecular complexity index is 1590. The Morgan fingerprint density at radius 1 is 1.10 bits per heavy atom. The van der Waals surface area contributed by atoms with Crippen molar-refractivity contribution in [3.05, 3.63) is 58.7 Å². The van der Waals surface area contributed by atoms with Crippen LogP contribution < -0.4 is 4.90 Å². The lowest BCUT2D eigenvalue weighted by atomic mass is 9.91. The van der Waals surface area contributed by atoms with Crippen molar-refractivity contribution in [2.45, 2.75) is 58.3 Å². The Morgan fingerprint density at radius 3 is 2.44 bits per heavy atom. The van der Waals surface area contributed by atoms with Crippen molar-refractivity contribution in [1.82, 2.24) is 19.9 Å². The fourth-order valence-corrected chi connectivity index (χ4v) is 6.72. The molecule has 1 saturated heterocycles. The highest BCUT2D eigenvalue weighted by Crippen LogP contribution is 2.44. The predicted octanol–water partition coefficient (Wildman–Crippen LogP) is 6.61. The van der Waals surface area contributed by atoms with Gasteiger partial charge in [0, 0.05) is 54.6 Å². The van der Waals surface area contributed by atoms with E-state index in [1.807, 2.05) is 64.1 Å². The van der Waals surface area contributed by atoms with Gasteiger partial charge in [0.2, 0.25) is 5.95 Å².